The van der Waals surface area contributed by atoms with Crippen molar-refractivity contribution < 1.29 is 4.74 Å². The van der Waals surface area contributed by atoms with Gasteiger partial charge in [0.1, 0.15) is 0 Å². The van der Waals surface area contributed by atoms with Gasteiger partial charge in [-0.05, 0) is 49.8 Å². The highest BCUT2D eigenvalue weighted by atomic mass is 16.5. The Hall–Kier alpha value is -0.970. The third kappa shape index (κ3) is 4.50. The first-order chi connectivity index (χ1) is 10.3. The minimum Gasteiger partial charge on any atom is -0.381 e. The predicted octanol–water partition coefficient (Wildman–Crippen LogP) is 2.06. The van der Waals surface area contributed by atoms with Gasteiger partial charge in [-0.3, -0.25) is 4.98 Å². The van der Waals surface area contributed by atoms with E-state index in [9.17, 15) is 0 Å². The van der Waals surface area contributed by atoms with Crippen molar-refractivity contribution in [1.82, 2.24) is 15.2 Å². The lowest BCUT2D eigenvalue weighted by Gasteiger charge is -2.40. The molecule has 0 spiro atoms. The van der Waals surface area contributed by atoms with Crippen LogP contribution in [-0.2, 0) is 11.3 Å². The molecule has 1 aromatic heterocycles. The standard InChI is InChI=1S/C17H27N3O/c1-20(12-15-3-2-8-18-11-15)14-17(6-9-21-10-7-17)13-19-16-4-5-16/h2-3,8,11,16,19H,4-7,9-10,12-14H2,1H3. The molecule has 2 aliphatic rings. The monoisotopic (exact) mass is 289 g/mol. The Labute approximate surface area is 127 Å². The number of aromatic nitrogens is 1. The van der Waals surface area contributed by atoms with Crippen molar-refractivity contribution in [3.05, 3.63) is 30.1 Å². The first kappa shape index (κ1) is 14.9. The van der Waals surface area contributed by atoms with Crippen LogP contribution in [0.2, 0.25) is 0 Å². The zero-order valence-electron chi connectivity index (χ0n) is 13.1. The second-order valence-electron chi connectivity index (χ2n) is 6.80. The lowest BCUT2D eigenvalue weighted by Crippen LogP contribution is -2.46. The van der Waals surface area contributed by atoms with Crippen molar-refractivity contribution in [2.24, 2.45) is 5.41 Å². The molecule has 3 rings (SSSR count). The molecule has 4 nitrogen and oxygen atoms in total. The van der Waals surface area contributed by atoms with Crippen molar-refractivity contribution in [3.63, 3.8) is 0 Å². The van der Waals surface area contributed by atoms with E-state index in [0.29, 0.717) is 5.41 Å². The van der Waals surface area contributed by atoms with E-state index in [1.165, 1.54) is 31.2 Å². The molecule has 1 aromatic rings. The van der Waals surface area contributed by atoms with Gasteiger partial charge in [-0.15, -0.1) is 0 Å². The fraction of sp³-hybridized carbons (Fsp3) is 0.706. The van der Waals surface area contributed by atoms with Crippen LogP contribution in [0.1, 0.15) is 31.2 Å². The summed E-state index contributed by atoms with van der Waals surface area (Å²) in [7, 11) is 2.22. The van der Waals surface area contributed by atoms with Crippen LogP contribution in [0.5, 0.6) is 0 Å². The summed E-state index contributed by atoms with van der Waals surface area (Å²) in [5, 5.41) is 3.74. The van der Waals surface area contributed by atoms with Crippen LogP contribution < -0.4 is 5.32 Å². The summed E-state index contributed by atoms with van der Waals surface area (Å²) in [5.74, 6) is 0. The Kier molecular flexibility index (Phi) is 4.88. The number of hydrogen-bond acceptors (Lipinski definition) is 4. The summed E-state index contributed by atoms with van der Waals surface area (Å²) in [6.45, 7) is 5.06. The molecule has 2 heterocycles. The highest BCUT2D eigenvalue weighted by Gasteiger charge is 2.35. The molecule has 0 radical (unpaired) electrons. The van der Waals surface area contributed by atoms with E-state index in [-0.39, 0.29) is 0 Å². The third-order valence-electron chi connectivity index (χ3n) is 4.68. The minimum absolute atomic E-state index is 0.373. The van der Waals surface area contributed by atoms with Crippen LogP contribution in [0, 0.1) is 5.41 Å². The fourth-order valence-corrected chi connectivity index (χ4v) is 3.28. The Bertz CT molecular complexity index is 427. The number of rotatable bonds is 7. The lowest BCUT2D eigenvalue weighted by molar-refractivity contribution is -0.00183. The third-order valence-corrected chi connectivity index (χ3v) is 4.68. The molecule has 0 bridgehead atoms. The molecule has 4 heteroatoms. The van der Waals surface area contributed by atoms with Crippen LogP contribution >= 0.6 is 0 Å². The van der Waals surface area contributed by atoms with Gasteiger partial charge in [0, 0.05) is 51.3 Å². The van der Waals surface area contributed by atoms with Crippen LogP contribution in [-0.4, -0.2) is 49.3 Å². The molecule has 0 atom stereocenters. The Balaban J connectivity index is 1.57. The summed E-state index contributed by atoms with van der Waals surface area (Å²) in [4.78, 5) is 6.65. The van der Waals surface area contributed by atoms with Crippen LogP contribution in [0.15, 0.2) is 24.5 Å². The van der Waals surface area contributed by atoms with Gasteiger partial charge in [0.25, 0.3) is 0 Å². The normalized spacial score (nSPS) is 21.6. The lowest BCUT2D eigenvalue weighted by atomic mass is 9.79. The number of pyridine rings is 1. The Morgan fingerprint density at radius 1 is 1.38 bits per heavy atom. The molecule has 1 aliphatic heterocycles. The van der Waals surface area contributed by atoms with E-state index in [2.05, 4.69) is 28.3 Å². The molecule has 1 saturated carbocycles. The van der Waals surface area contributed by atoms with Gasteiger partial charge in [-0.2, -0.15) is 0 Å². The number of nitrogens with one attached hydrogen (secondary N) is 1. The average Bonchev–Trinajstić information content (AvgIpc) is 3.31. The quantitative estimate of drug-likeness (QED) is 0.834. The Morgan fingerprint density at radius 3 is 2.86 bits per heavy atom. The molecule has 2 fully saturated rings. The predicted molar refractivity (Wildman–Crippen MR) is 84.1 cm³/mol. The van der Waals surface area contributed by atoms with Crippen molar-refractivity contribution in [2.75, 3.05) is 33.4 Å². The molecule has 0 amide bonds. The van der Waals surface area contributed by atoms with Crippen molar-refractivity contribution in [3.8, 4) is 0 Å². The SMILES string of the molecule is CN(Cc1cccnc1)CC1(CNC2CC2)CCOCC1. The van der Waals surface area contributed by atoms with Gasteiger partial charge in [-0.25, -0.2) is 0 Å². The second kappa shape index (κ2) is 6.86. The van der Waals surface area contributed by atoms with Crippen LogP contribution in [0.25, 0.3) is 0 Å². The van der Waals surface area contributed by atoms with E-state index in [1.807, 2.05) is 18.5 Å². The van der Waals surface area contributed by atoms with E-state index in [4.69, 9.17) is 4.74 Å². The second-order valence-corrected chi connectivity index (χ2v) is 6.80. The summed E-state index contributed by atoms with van der Waals surface area (Å²) in [6, 6.07) is 4.96. The summed E-state index contributed by atoms with van der Waals surface area (Å²) >= 11 is 0. The zero-order chi connectivity index (χ0) is 14.5. The molecule has 1 aliphatic carbocycles. The smallest absolute Gasteiger partial charge is 0.0472 e. The zero-order valence-corrected chi connectivity index (χ0v) is 13.1. The number of nitrogens with zero attached hydrogens (tertiary/aromatic N) is 2. The van der Waals surface area contributed by atoms with Crippen LogP contribution in [0.3, 0.4) is 0 Å². The summed E-state index contributed by atoms with van der Waals surface area (Å²) < 4.78 is 5.59. The fourth-order valence-electron chi connectivity index (χ4n) is 3.28. The Morgan fingerprint density at radius 2 is 2.19 bits per heavy atom. The van der Waals surface area contributed by atoms with Gasteiger partial charge >= 0.3 is 0 Å². The average molecular weight is 289 g/mol. The molecule has 1 saturated heterocycles. The topological polar surface area (TPSA) is 37.4 Å². The molecule has 116 valence electrons. The highest BCUT2D eigenvalue weighted by molar-refractivity contribution is 5.08. The first-order valence-electron chi connectivity index (χ1n) is 8.14. The largest absolute Gasteiger partial charge is 0.381 e. The number of ether oxygens (including phenoxy) is 1. The van der Waals surface area contributed by atoms with Crippen molar-refractivity contribution >= 4 is 0 Å². The summed E-state index contributed by atoms with van der Waals surface area (Å²) in [6.07, 6.45) is 8.86. The van der Waals surface area contributed by atoms with Gasteiger partial charge in [0.15, 0.2) is 0 Å². The van der Waals surface area contributed by atoms with E-state index < -0.39 is 0 Å². The number of hydrogen-bond donors (Lipinski definition) is 1. The van der Waals surface area contributed by atoms with E-state index in [0.717, 1.165) is 38.9 Å². The highest BCUT2D eigenvalue weighted by Crippen LogP contribution is 2.32. The minimum atomic E-state index is 0.373. The maximum Gasteiger partial charge on any atom is 0.0472 e. The van der Waals surface area contributed by atoms with Gasteiger partial charge in [0.05, 0.1) is 0 Å². The summed E-state index contributed by atoms with van der Waals surface area (Å²) in [5.41, 5.74) is 1.66. The molecule has 0 unspecified atom stereocenters. The first-order valence-corrected chi connectivity index (χ1v) is 8.14. The van der Waals surface area contributed by atoms with Crippen molar-refractivity contribution in [2.45, 2.75) is 38.3 Å². The van der Waals surface area contributed by atoms with Crippen molar-refractivity contribution in [1.29, 1.82) is 0 Å². The molecular weight excluding hydrogens is 262 g/mol. The van der Waals surface area contributed by atoms with Crippen LogP contribution in [0.4, 0.5) is 0 Å². The molecule has 1 N–H and O–H groups in total. The molecule has 0 aromatic carbocycles. The van der Waals surface area contributed by atoms with Gasteiger partial charge < -0.3 is 15.0 Å². The van der Waals surface area contributed by atoms with Gasteiger partial charge in [-0.1, -0.05) is 6.07 Å². The maximum atomic E-state index is 5.59. The van der Waals surface area contributed by atoms with Gasteiger partial charge in [0.2, 0.25) is 0 Å². The van der Waals surface area contributed by atoms with E-state index >= 15 is 0 Å². The molecule has 21 heavy (non-hydrogen) atoms. The molecular formula is C17H27N3O. The maximum absolute atomic E-state index is 5.59. The van der Waals surface area contributed by atoms with E-state index in [1.54, 1.807) is 0 Å².